The molecule has 0 aliphatic carbocycles. The van der Waals surface area contributed by atoms with Crippen molar-refractivity contribution in [1.29, 1.82) is 0 Å². The van der Waals surface area contributed by atoms with Crippen molar-refractivity contribution >= 4 is 50.7 Å². The van der Waals surface area contributed by atoms with Crippen LogP contribution in [0.15, 0.2) is 83.8 Å². The van der Waals surface area contributed by atoms with Crippen LogP contribution in [0.1, 0.15) is 32.3 Å². The zero-order chi connectivity index (χ0) is 27.7. The monoisotopic (exact) mass is 575 g/mol. The predicted molar refractivity (Wildman–Crippen MR) is 152 cm³/mol. The van der Waals surface area contributed by atoms with E-state index in [1.807, 2.05) is 44.2 Å². The number of benzene rings is 3. The Morgan fingerprint density at radius 3 is 2.03 bits per heavy atom. The molecule has 202 valence electrons. The molecule has 0 aliphatic heterocycles. The largest absolute Gasteiger partial charge is 0.354 e. The van der Waals surface area contributed by atoms with Crippen molar-refractivity contribution in [3.63, 3.8) is 0 Å². The number of nitrogens with zero attached hydrogens (tertiary/aromatic N) is 2. The highest BCUT2D eigenvalue weighted by atomic mass is 35.5. The molecule has 38 heavy (non-hydrogen) atoms. The lowest BCUT2D eigenvalue weighted by molar-refractivity contribution is -0.140. The van der Waals surface area contributed by atoms with E-state index in [4.69, 9.17) is 23.2 Å². The molecule has 0 bridgehead atoms. The molecule has 2 amide bonds. The molecule has 0 heterocycles. The summed E-state index contributed by atoms with van der Waals surface area (Å²) in [5.41, 5.74) is 0.953. The van der Waals surface area contributed by atoms with E-state index in [0.29, 0.717) is 13.0 Å². The first-order valence-corrected chi connectivity index (χ1v) is 14.5. The lowest BCUT2D eigenvalue weighted by atomic mass is 10.1. The van der Waals surface area contributed by atoms with Crippen molar-refractivity contribution in [2.45, 2.75) is 44.2 Å². The average Bonchev–Trinajstić information content (AvgIpc) is 2.90. The SMILES string of the molecule is CCCNC(=O)[C@@H](CC)N(Cc1ccccc1)C(=O)CN(c1cc(Cl)cc(Cl)c1)S(=O)(=O)c1ccccc1. The fourth-order valence-electron chi connectivity index (χ4n) is 4.00. The third-order valence-corrected chi connectivity index (χ3v) is 8.10. The van der Waals surface area contributed by atoms with E-state index < -0.39 is 28.5 Å². The van der Waals surface area contributed by atoms with Crippen LogP contribution in [-0.4, -0.2) is 44.3 Å². The number of anilines is 1. The van der Waals surface area contributed by atoms with Gasteiger partial charge in [-0.1, -0.05) is 85.6 Å². The van der Waals surface area contributed by atoms with E-state index >= 15 is 0 Å². The summed E-state index contributed by atoms with van der Waals surface area (Å²) in [5.74, 6) is -0.829. The predicted octanol–water partition coefficient (Wildman–Crippen LogP) is 5.52. The minimum Gasteiger partial charge on any atom is -0.354 e. The first-order chi connectivity index (χ1) is 18.2. The van der Waals surface area contributed by atoms with Gasteiger partial charge in [-0.05, 0) is 48.7 Å². The highest BCUT2D eigenvalue weighted by Crippen LogP contribution is 2.30. The minimum atomic E-state index is -4.19. The average molecular weight is 577 g/mol. The van der Waals surface area contributed by atoms with E-state index in [0.717, 1.165) is 16.3 Å². The molecule has 10 heteroatoms. The number of rotatable bonds is 12. The van der Waals surface area contributed by atoms with E-state index in [1.165, 1.54) is 35.2 Å². The van der Waals surface area contributed by atoms with Gasteiger partial charge >= 0.3 is 0 Å². The molecule has 0 saturated heterocycles. The maximum atomic E-state index is 13.9. The fraction of sp³-hybridized carbons (Fsp3) is 0.286. The van der Waals surface area contributed by atoms with Gasteiger partial charge in [0, 0.05) is 23.1 Å². The summed E-state index contributed by atoms with van der Waals surface area (Å²) in [6, 6.07) is 20.6. The zero-order valence-corrected chi connectivity index (χ0v) is 23.6. The van der Waals surface area contributed by atoms with Crippen LogP contribution in [0.2, 0.25) is 10.0 Å². The molecule has 0 fully saturated rings. The molecule has 1 atom stereocenters. The van der Waals surface area contributed by atoms with E-state index in [1.54, 1.807) is 18.2 Å². The summed E-state index contributed by atoms with van der Waals surface area (Å²) in [6.45, 7) is 3.80. The smallest absolute Gasteiger partial charge is 0.264 e. The Kier molecular flexibility index (Phi) is 10.6. The molecule has 0 unspecified atom stereocenters. The zero-order valence-electron chi connectivity index (χ0n) is 21.3. The number of halogens is 2. The van der Waals surface area contributed by atoms with Crippen LogP contribution in [0.5, 0.6) is 0 Å². The van der Waals surface area contributed by atoms with Crippen LogP contribution in [-0.2, 0) is 26.2 Å². The highest BCUT2D eigenvalue weighted by molar-refractivity contribution is 7.92. The summed E-state index contributed by atoms with van der Waals surface area (Å²) in [6.07, 6.45) is 1.09. The molecule has 1 N–H and O–H groups in total. The summed E-state index contributed by atoms with van der Waals surface area (Å²) >= 11 is 12.4. The molecule has 0 saturated carbocycles. The van der Waals surface area contributed by atoms with Gasteiger partial charge < -0.3 is 10.2 Å². The first-order valence-electron chi connectivity index (χ1n) is 12.3. The Morgan fingerprint density at radius 2 is 1.47 bits per heavy atom. The quantitative estimate of drug-likeness (QED) is 0.308. The second kappa shape index (κ2) is 13.6. The van der Waals surface area contributed by atoms with Crippen LogP contribution in [0.3, 0.4) is 0 Å². The topological polar surface area (TPSA) is 86.8 Å². The number of amides is 2. The van der Waals surface area contributed by atoms with Crippen molar-refractivity contribution in [3.8, 4) is 0 Å². The number of carbonyl (C=O) groups is 2. The van der Waals surface area contributed by atoms with E-state index in [9.17, 15) is 18.0 Å². The van der Waals surface area contributed by atoms with Crippen LogP contribution < -0.4 is 9.62 Å². The standard InChI is InChI=1S/C28H31Cl2N3O4S/c1-3-15-31-28(35)26(4-2)32(19-21-11-7-5-8-12-21)27(34)20-33(24-17-22(29)16-23(30)18-24)38(36,37)25-13-9-6-10-14-25/h5-14,16-18,26H,3-4,15,19-20H2,1-2H3,(H,31,35)/t26-/m1/s1. The van der Waals surface area contributed by atoms with Gasteiger partial charge in [-0.25, -0.2) is 8.42 Å². The second-order valence-electron chi connectivity index (χ2n) is 8.67. The maximum absolute atomic E-state index is 13.9. The van der Waals surface area contributed by atoms with Gasteiger partial charge in [-0.2, -0.15) is 0 Å². The molecule has 7 nitrogen and oxygen atoms in total. The summed E-state index contributed by atoms with van der Waals surface area (Å²) in [5, 5.41) is 3.30. The van der Waals surface area contributed by atoms with E-state index in [2.05, 4.69) is 5.32 Å². The van der Waals surface area contributed by atoms with Crippen molar-refractivity contribution in [3.05, 3.63) is 94.5 Å². The Bertz CT molecular complexity index is 1320. The number of sulfonamides is 1. The van der Waals surface area contributed by atoms with Gasteiger partial charge in [0.15, 0.2) is 0 Å². The normalized spacial score (nSPS) is 12.0. The minimum absolute atomic E-state index is 0.00578. The number of hydrogen-bond acceptors (Lipinski definition) is 4. The molecule has 3 rings (SSSR count). The van der Waals surface area contributed by atoms with Gasteiger partial charge in [-0.3, -0.25) is 13.9 Å². The summed E-state index contributed by atoms with van der Waals surface area (Å²) in [4.78, 5) is 28.4. The van der Waals surface area contributed by atoms with Crippen LogP contribution in [0, 0.1) is 0 Å². The summed E-state index contributed by atoms with van der Waals surface area (Å²) < 4.78 is 28.5. The highest BCUT2D eigenvalue weighted by Gasteiger charge is 2.33. The van der Waals surface area contributed by atoms with Crippen molar-refractivity contribution < 1.29 is 18.0 Å². The molecule has 3 aromatic rings. The van der Waals surface area contributed by atoms with Gasteiger partial charge in [0.05, 0.1) is 10.6 Å². The first kappa shape index (κ1) is 29.5. The Hall–Kier alpha value is -3.07. The lowest BCUT2D eigenvalue weighted by Gasteiger charge is -2.33. The van der Waals surface area contributed by atoms with Gasteiger partial charge in [0.25, 0.3) is 10.0 Å². The van der Waals surface area contributed by atoms with Crippen LogP contribution in [0.4, 0.5) is 5.69 Å². The Labute approximate surface area is 234 Å². The van der Waals surface area contributed by atoms with Crippen molar-refractivity contribution in [2.24, 2.45) is 0 Å². The molecular weight excluding hydrogens is 545 g/mol. The second-order valence-corrected chi connectivity index (χ2v) is 11.4. The maximum Gasteiger partial charge on any atom is 0.264 e. The number of carbonyl (C=O) groups excluding carboxylic acids is 2. The van der Waals surface area contributed by atoms with Crippen molar-refractivity contribution in [2.75, 3.05) is 17.4 Å². The number of nitrogens with one attached hydrogen (secondary N) is 1. The molecule has 0 radical (unpaired) electrons. The molecule has 3 aromatic carbocycles. The van der Waals surface area contributed by atoms with Gasteiger partial charge in [-0.15, -0.1) is 0 Å². The van der Waals surface area contributed by atoms with E-state index in [-0.39, 0.29) is 33.1 Å². The fourth-order valence-corrected chi connectivity index (χ4v) is 5.93. The summed E-state index contributed by atoms with van der Waals surface area (Å²) in [7, 11) is -4.19. The Morgan fingerprint density at radius 1 is 0.895 bits per heavy atom. The van der Waals surface area contributed by atoms with Gasteiger partial charge in [0.1, 0.15) is 12.6 Å². The van der Waals surface area contributed by atoms with Gasteiger partial charge in [0.2, 0.25) is 11.8 Å². The van der Waals surface area contributed by atoms with Crippen molar-refractivity contribution in [1.82, 2.24) is 10.2 Å². The van der Waals surface area contributed by atoms with Crippen LogP contribution in [0.25, 0.3) is 0 Å². The molecule has 0 aliphatic rings. The molecule has 0 spiro atoms. The lowest BCUT2D eigenvalue weighted by Crippen LogP contribution is -2.52. The van der Waals surface area contributed by atoms with Crippen LogP contribution >= 0.6 is 23.2 Å². The molecular formula is C28H31Cl2N3O4S. The third kappa shape index (κ3) is 7.49. The number of hydrogen-bond donors (Lipinski definition) is 1. The third-order valence-electron chi connectivity index (χ3n) is 5.88. The molecule has 0 aromatic heterocycles. The Balaban J connectivity index is 2.06.